The number of aromatic nitrogens is 1. The van der Waals surface area contributed by atoms with Crippen LogP contribution in [0.2, 0.25) is 0 Å². The molecule has 5 heteroatoms. The number of benzene rings is 3. The molecule has 2 aliphatic rings. The number of nitrogens with zero attached hydrogens (tertiary/aromatic N) is 1. The van der Waals surface area contributed by atoms with Crippen molar-refractivity contribution in [2.75, 3.05) is 18.1 Å². The van der Waals surface area contributed by atoms with E-state index >= 15 is 0 Å². The third kappa shape index (κ3) is 3.85. The summed E-state index contributed by atoms with van der Waals surface area (Å²) in [5, 5.41) is 1.13. The Hall–Kier alpha value is -2.76. The quantitative estimate of drug-likeness (QED) is 0.300. The summed E-state index contributed by atoms with van der Waals surface area (Å²) in [6.07, 6.45) is 1.96. The van der Waals surface area contributed by atoms with Crippen molar-refractivity contribution in [1.29, 1.82) is 0 Å². The second kappa shape index (κ2) is 8.72. The monoisotopic (exact) mass is 487 g/mol. The second-order valence-corrected chi connectivity index (χ2v) is 11.5. The van der Waals surface area contributed by atoms with Crippen LogP contribution in [0.25, 0.3) is 16.6 Å². The number of hydrogen-bond acceptors (Lipinski definition) is 3. The Morgan fingerprint density at radius 2 is 1.69 bits per heavy atom. The molecule has 3 aromatic carbocycles. The molecule has 2 aliphatic heterocycles. The average Bonchev–Trinajstić information content (AvgIpc) is 3.25. The van der Waals surface area contributed by atoms with Gasteiger partial charge in [-0.15, -0.1) is 0 Å². The molecule has 0 saturated carbocycles. The summed E-state index contributed by atoms with van der Waals surface area (Å²) in [7, 11) is 0. The summed E-state index contributed by atoms with van der Waals surface area (Å²) in [6.45, 7) is 5.66. The highest BCUT2D eigenvalue weighted by Gasteiger charge is 2.49. The van der Waals surface area contributed by atoms with E-state index in [0.717, 1.165) is 52.3 Å². The fraction of sp³-hybridized carbons (Fsp3) is 0.333. The standard InChI is InChI=1S/C30H30FNO2S/c1-29(2)20-34-30(15-17-35-18-16-30)27-26-24(32(28(27)29)23-13-11-22(31)12-14-23)9-6-10-25(26)33-19-21-7-4-3-5-8-21/h3-14H,15-20H2,1-2H3. The molecule has 0 unspecified atom stereocenters. The highest BCUT2D eigenvalue weighted by molar-refractivity contribution is 7.99. The molecule has 35 heavy (non-hydrogen) atoms. The topological polar surface area (TPSA) is 23.4 Å². The van der Waals surface area contributed by atoms with Gasteiger partial charge in [0.2, 0.25) is 0 Å². The zero-order chi connectivity index (χ0) is 24.0. The molecule has 1 spiro atoms. The third-order valence-electron chi connectivity index (χ3n) is 7.38. The molecular weight excluding hydrogens is 457 g/mol. The normalized spacial score (nSPS) is 18.5. The molecule has 0 aliphatic carbocycles. The van der Waals surface area contributed by atoms with Crippen LogP contribution >= 0.6 is 11.8 Å². The maximum Gasteiger partial charge on any atom is 0.129 e. The molecule has 0 amide bonds. The van der Waals surface area contributed by atoms with Crippen molar-refractivity contribution in [1.82, 2.24) is 4.57 Å². The lowest BCUT2D eigenvalue weighted by molar-refractivity contribution is -0.0896. The molecule has 1 aromatic heterocycles. The smallest absolute Gasteiger partial charge is 0.129 e. The summed E-state index contributed by atoms with van der Waals surface area (Å²) < 4.78 is 29.5. The molecule has 3 nitrogen and oxygen atoms in total. The van der Waals surface area contributed by atoms with Crippen LogP contribution in [0.3, 0.4) is 0 Å². The van der Waals surface area contributed by atoms with Crippen LogP contribution in [0.1, 0.15) is 43.5 Å². The molecule has 0 radical (unpaired) electrons. The van der Waals surface area contributed by atoms with Gasteiger partial charge < -0.3 is 14.0 Å². The molecule has 1 saturated heterocycles. The van der Waals surface area contributed by atoms with E-state index in [1.807, 2.05) is 42.1 Å². The number of thioether (sulfide) groups is 1. The molecule has 4 aromatic rings. The summed E-state index contributed by atoms with van der Waals surface area (Å²) >= 11 is 2.00. The molecule has 3 heterocycles. The summed E-state index contributed by atoms with van der Waals surface area (Å²) in [5.74, 6) is 2.81. The van der Waals surface area contributed by atoms with Crippen molar-refractivity contribution in [3.63, 3.8) is 0 Å². The van der Waals surface area contributed by atoms with Crippen LogP contribution in [-0.2, 0) is 22.4 Å². The largest absolute Gasteiger partial charge is 0.488 e. The predicted molar refractivity (Wildman–Crippen MR) is 141 cm³/mol. The highest BCUT2D eigenvalue weighted by atomic mass is 32.2. The lowest BCUT2D eigenvalue weighted by atomic mass is 9.75. The first kappa shape index (κ1) is 22.7. The highest BCUT2D eigenvalue weighted by Crippen LogP contribution is 2.54. The number of rotatable bonds is 4. The fourth-order valence-corrected chi connectivity index (χ4v) is 6.81. The van der Waals surface area contributed by atoms with Gasteiger partial charge in [-0.3, -0.25) is 0 Å². The zero-order valence-electron chi connectivity index (χ0n) is 20.2. The van der Waals surface area contributed by atoms with Gasteiger partial charge in [-0.1, -0.05) is 50.2 Å². The van der Waals surface area contributed by atoms with Crippen LogP contribution < -0.4 is 4.74 Å². The first-order valence-corrected chi connectivity index (χ1v) is 13.5. The Morgan fingerprint density at radius 3 is 2.43 bits per heavy atom. The summed E-state index contributed by atoms with van der Waals surface area (Å²) in [5.41, 5.74) is 5.17. The number of fused-ring (bicyclic) bond motifs is 4. The van der Waals surface area contributed by atoms with Crippen LogP contribution in [0, 0.1) is 5.82 Å². The first-order valence-electron chi connectivity index (χ1n) is 12.3. The minimum absolute atomic E-state index is 0.213. The van der Waals surface area contributed by atoms with Crippen LogP contribution in [-0.4, -0.2) is 22.7 Å². The van der Waals surface area contributed by atoms with E-state index < -0.39 is 0 Å². The maximum absolute atomic E-state index is 13.9. The molecule has 0 atom stereocenters. The van der Waals surface area contributed by atoms with Gasteiger partial charge >= 0.3 is 0 Å². The van der Waals surface area contributed by atoms with Crippen LogP contribution in [0.15, 0.2) is 72.8 Å². The Kier molecular flexibility index (Phi) is 5.65. The minimum atomic E-state index is -0.328. The Labute approximate surface area is 210 Å². The molecule has 0 bridgehead atoms. The van der Waals surface area contributed by atoms with Gasteiger partial charge in [-0.2, -0.15) is 11.8 Å². The molecule has 0 N–H and O–H groups in total. The lowest BCUT2D eigenvalue weighted by Gasteiger charge is -2.46. The van der Waals surface area contributed by atoms with Crippen LogP contribution in [0.4, 0.5) is 4.39 Å². The number of halogens is 1. The van der Waals surface area contributed by atoms with Crippen molar-refractivity contribution in [2.45, 2.75) is 44.3 Å². The first-order chi connectivity index (χ1) is 17.0. The van der Waals surface area contributed by atoms with Gasteiger partial charge in [-0.25, -0.2) is 4.39 Å². The van der Waals surface area contributed by atoms with Gasteiger partial charge in [0, 0.05) is 27.7 Å². The van der Waals surface area contributed by atoms with E-state index in [4.69, 9.17) is 9.47 Å². The molecular formula is C30H30FNO2S. The SMILES string of the molecule is CC1(C)COC2(CCSCC2)c2c1n(-c1ccc(F)cc1)c1cccc(OCc3ccccc3)c21. The zero-order valence-corrected chi connectivity index (χ0v) is 21.0. The number of ether oxygens (including phenoxy) is 2. The van der Waals surface area contributed by atoms with E-state index in [2.05, 4.69) is 48.7 Å². The van der Waals surface area contributed by atoms with Gasteiger partial charge in [0.15, 0.2) is 0 Å². The van der Waals surface area contributed by atoms with Gasteiger partial charge in [0.1, 0.15) is 18.2 Å². The molecule has 6 rings (SSSR count). The predicted octanol–water partition coefficient (Wildman–Crippen LogP) is 7.38. The summed E-state index contributed by atoms with van der Waals surface area (Å²) in [4.78, 5) is 0. The molecule has 1 fully saturated rings. The maximum atomic E-state index is 13.9. The Morgan fingerprint density at radius 1 is 0.943 bits per heavy atom. The van der Waals surface area contributed by atoms with Gasteiger partial charge in [0.05, 0.1) is 17.7 Å². The van der Waals surface area contributed by atoms with E-state index in [9.17, 15) is 4.39 Å². The van der Waals surface area contributed by atoms with Crippen molar-refractivity contribution in [3.8, 4) is 11.4 Å². The minimum Gasteiger partial charge on any atom is -0.488 e. The van der Waals surface area contributed by atoms with Gasteiger partial charge in [0.25, 0.3) is 0 Å². The van der Waals surface area contributed by atoms with Crippen molar-refractivity contribution < 1.29 is 13.9 Å². The van der Waals surface area contributed by atoms with Gasteiger partial charge in [-0.05, 0) is 66.3 Å². The van der Waals surface area contributed by atoms with E-state index in [1.54, 1.807) is 12.1 Å². The molecule has 180 valence electrons. The lowest BCUT2D eigenvalue weighted by Crippen LogP contribution is -2.45. The third-order valence-corrected chi connectivity index (χ3v) is 8.37. The fourth-order valence-electron chi connectivity index (χ4n) is 5.66. The average molecular weight is 488 g/mol. The van der Waals surface area contributed by atoms with Crippen molar-refractivity contribution in [2.24, 2.45) is 0 Å². The van der Waals surface area contributed by atoms with E-state index in [0.29, 0.717) is 13.2 Å². The van der Waals surface area contributed by atoms with E-state index in [1.165, 1.54) is 11.3 Å². The second-order valence-electron chi connectivity index (χ2n) is 10.2. The van der Waals surface area contributed by atoms with Crippen molar-refractivity contribution in [3.05, 3.63) is 95.4 Å². The number of hydrogen-bond donors (Lipinski definition) is 0. The van der Waals surface area contributed by atoms with E-state index in [-0.39, 0.29) is 16.8 Å². The Balaban J connectivity index is 1.62. The van der Waals surface area contributed by atoms with Crippen molar-refractivity contribution >= 4 is 22.7 Å². The van der Waals surface area contributed by atoms with Crippen LogP contribution in [0.5, 0.6) is 5.75 Å². The Bertz CT molecular complexity index is 1350. The summed E-state index contributed by atoms with van der Waals surface area (Å²) in [6, 6.07) is 23.4.